The third-order valence-corrected chi connectivity index (χ3v) is 6.69. The Morgan fingerprint density at radius 2 is 2.03 bits per heavy atom. The minimum absolute atomic E-state index is 0.187. The molecule has 1 aromatic carbocycles. The van der Waals surface area contributed by atoms with Gasteiger partial charge in [0.2, 0.25) is 0 Å². The maximum absolute atomic E-state index is 9.97. The van der Waals surface area contributed by atoms with E-state index in [0.29, 0.717) is 40.5 Å². The van der Waals surface area contributed by atoms with Gasteiger partial charge >= 0.3 is 0 Å². The Bertz CT molecular complexity index is 1110. The zero-order chi connectivity index (χ0) is 24.8. The molecule has 35 heavy (non-hydrogen) atoms. The van der Waals surface area contributed by atoms with Crippen LogP contribution in [0.1, 0.15) is 36.4 Å². The Hall–Kier alpha value is -2.52. The van der Waals surface area contributed by atoms with Crippen LogP contribution in [0, 0.1) is 19.8 Å². The summed E-state index contributed by atoms with van der Waals surface area (Å²) < 4.78 is 16.7. The quantitative estimate of drug-likeness (QED) is 0.422. The van der Waals surface area contributed by atoms with Gasteiger partial charge in [0.1, 0.15) is 24.2 Å². The number of halogens is 1. The standard InChI is InChI=1S/C26H33ClN4O4/c1-16-23(17(2)35-31-16)25-24(27)22(8-7-18-9-11-33-12-10-18)29-26(30-25)19-5-4-6-21(13-19)34-15-20(32)14-28-3/h4-6,13,18,20,28,32H,7-12,14-15H2,1-3H3. The van der Waals surface area contributed by atoms with Crippen LogP contribution < -0.4 is 10.1 Å². The van der Waals surface area contributed by atoms with Crippen LogP contribution in [0.5, 0.6) is 5.75 Å². The fourth-order valence-electron chi connectivity index (χ4n) is 4.36. The fourth-order valence-corrected chi connectivity index (χ4v) is 4.64. The Balaban J connectivity index is 1.67. The molecule has 0 saturated carbocycles. The smallest absolute Gasteiger partial charge is 0.160 e. The molecule has 3 heterocycles. The van der Waals surface area contributed by atoms with Crippen LogP contribution in [0.25, 0.3) is 22.6 Å². The number of ether oxygens (including phenoxy) is 2. The molecule has 0 amide bonds. The highest BCUT2D eigenvalue weighted by Crippen LogP contribution is 2.36. The maximum atomic E-state index is 9.97. The lowest BCUT2D eigenvalue weighted by Gasteiger charge is -2.22. The molecule has 1 aliphatic heterocycles. The van der Waals surface area contributed by atoms with Gasteiger partial charge in [-0.1, -0.05) is 28.9 Å². The Morgan fingerprint density at radius 3 is 2.74 bits per heavy atom. The number of benzene rings is 1. The molecule has 2 aromatic heterocycles. The molecule has 3 aromatic rings. The lowest BCUT2D eigenvalue weighted by atomic mass is 9.94. The van der Waals surface area contributed by atoms with Crippen LogP contribution in [0.3, 0.4) is 0 Å². The van der Waals surface area contributed by atoms with Crippen molar-refractivity contribution >= 4 is 11.6 Å². The average Bonchev–Trinajstić information content (AvgIpc) is 3.20. The fraction of sp³-hybridized carbons (Fsp3) is 0.500. The van der Waals surface area contributed by atoms with Gasteiger partial charge < -0.3 is 24.4 Å². The van der Waals surface area contributed by atoms with Crippen molar-refractivity contribution in [2.45, 2.75) is 45.6 Å². The number of aryl methyl sites for hydroxylation is 3. The van der Waals surface area contributed by atoms with E-state index in [2.05, 4.69) is 10.5 Å². The number of aromatic nitrogens is 3. The first-order valence-corrected chi connectivity index (χ1v) is 12.5. The van der Waals surface area contributed by atoms with E-state index < -0.39 is 6.10 Å². The SMILES string of the molecule is CNCC(O)COc1cccc(-c2nc(CCC3CCOCC3)c(Cl)c(-c3c(C)noc3C)n2)c1. The van der Waals surface area contributed by atoms with Crippen LogP contribution in [0.4, 0.5) is 0 Å². The summed E-state index contributed by atoms with van der Waals surface area (Å²) in [5, 5.41) is 17.5. The van der Waals surface area contributed by atoms with Gasteiger partial charge in [-0.3, -0.25) is 0 Å². The Morgan fingerprint density at radius 1 is 1.23 bits per heavy atom. The van der Waals surface area contributed by atoms with Crippen molar-refractivity contribution in [3.8, 4) is 28.4 Å². The first kappa shape index (κ1) is 25.6. The highest BCUT2D eigenvalue weighted by Gasteiger charge is 2.23. The summed E-state index contributed by atoms with van der Waals surface area (Å²) in [7, 11) is 1.79. The first-order chi connectivity index (χ1) is 17.0. The molecule has 9 heteroatoms. The lowest BCUT2D eigenvalue weighted by Crippen LogP contribution is -2.29. The molecule has 188 valence electrons. The maximum Gasteiger partial charge on any atom is 0.160 e. The second-order valence-electron chi connectivity index (χ2n) is 9.00. The van der Waals surface area contributed by atoms with E-state index in [4.69, 9.17) is 35.6 Å². The van der Waals surface area contributed by atoms with E-state index in [9.17, 15) is 5.11 Å². The van der Waals surface area contributed by atoms with E-state index in [0.717, 1.165) is 61.4 Å². The zero-order valence-electron chi connectivity index (χ0n) is 20.5. The molecule has 1 saturated heterocycles. The molecule has 1 unspecified atom stereocenters. The van der Waals surface area contributed by atoms with Crippen molar-refractivity contribution in [3.63, 3.8) is 0 Å². The highest BCUT2D eigenvalue weighted by molar-refractivity contribution is 6.33. The van der Waals surface area contributed by atoms with Gasteiger partial charge in [0.05, 0.1) is 27.7 Å². The van der Waals surface area contributed by atoms with Gasteiger partial charge in [0, 0.05) is 25.3 Å². The molecule has 0 radical (unpaired) electrons. The summed E-state index contributed by atoms with van der Waals surface area (Å²) in [6.45, 7) is 6.02. The van der Waals surface area contributed by atoms with Gasteiger partial charge in [-0.15, -0.1) is 0 Å². The number of likely N-dealkylation sites (N-methyl/N-ethyl adjacent to an activating group) is 1. The normalized spacial score (nSPS) is 15.3. The molecule has 2 N–H and O–H groups in total. The molecule has 1 atom stereocenters. The monoisotopic (exact) mass is 500 g/mol. The third-order valence-electron chi connectivity index (χ3n) is 6.29. The van der Waals surface area contributed by atoms with Crippen molar-refractivity contribution in [3.05, 3.63) is 46.4 Å². The minimum atomic E-state index is -0.599. The van der Waals surface area contributed by atoms with E-state index in [1.165, 1.54) is 0 Å². The molecule has 0 bridgehead atoms. The first-order valence-electron chi connectivity index (χ1n) is 12.1. The summed E-state index contributed by atoms with van der Waals surface area (Å²) in [6, 6.07) is 7.57. The summed E-state index contributed by atoms with van der Waals surface area (Å²) in [4.78, 5) is 9.73. The molecular weight excluding hydrogens is 468 g/mol. The topological polar surface area (TPSA) is 103 Å². The van der Waals surface area contributed by atoms with Gasteiger partial charge in [0.25, 0.3) is 0 Å². The number of hydrogen-bond donors (Lipinski definition) is 2. The van der Waals surface area contributed by atoms with Gasteiger partial charge in [-0.2, -0.15) is 0 Å². The van der Waals surface area contributed by atoms with Gasteiger partial charge in [-0.05, 0) is 64.6 Å². The molecule has 1 aliphatic rings. The number of aliphatic hydroxyl groups is 1. The van der Waals surface area contributed by atoms with Crippen molar-refractivity contribution < 1.29 is 19.1 Å². The average molecular weight is 501 g/mol. The summed E-state index contributed by atoms with van der Waals surface area (Å²) in [6.07, 6.45) is 3.27. The molecule has 1 fully saturated rings. The highest BCUT2D eigenvalue weighted by atomic mass is 35.5. The minimum Gasteiger partial charge on any atom is -0.491 e. The Kier molecular flexibility index (Phi) is 8.73. The molecule has 4 rings (SSSR count). The second-order valence-corrected chi connectivity index (χ2v) is 9.38. The largest absolute Gasteiger partial charge is 0.491 e. The van der Waals surface area contributed by atoms with Crippen molar-refractivity contribution in [1.29, 1.82) is 0 Å². The lowest BCUT2D eigenvalue weighted by molar-refractivity contribution is 0.0639. The number of aliphatic hydroxyl groups excluding tert-OH is 1. The van der Waals surface area contributed by atoms with Gasteiger partial charge in [-0.25, -0.2) is 9.97 Å². The third kappa shape index (κ3) is 6.38. The predicted octanol–water partition coefficient (Wildman–Crippen LogP) is 4.39. The van der Waals surface area contributed by atoms with Gasteiger partial charge in [0.15, 0.2) is 5.82 Å². The zero-order valence-corrected chi connectivity index (χ0v) is 21.3. The molecule has 8 nitrogen and oxygen atoms in total. The van der Waals surface area contributed by atoms with Crippen LogP contribution in [0.15, 0.2) is 28.8 Å². The summed E-state index contributed by atoms with van der Waals surface area (Å²) in [5.74, 6) is 2.47. The van der Waals surface area contributed by atoms with Crippen molar-refractivity contribution in [1.82, 2.24) is 20.4 Å². The second kappa shape index (κ2) is 11.9. The molecule has 0 aliphatic carbocycles. The number of nitrogens with one attached hydrogen (secondary N) is 1. The van der Waals surface area contributed by atoms with Crippen LogP contribution >= 0.6 is 11.6 Å². The summed E-state index contributed by atoms with van der Waals surface area (Å²) >= 11 is 6.89. The van der Waals surface area contributed by atoms with Crippen LogP contribution in [-0.2, 0) is 11.2 Å². The van der Waals surface area contributed by atoms with E-state index >= 15 is 0 Å². The Labute approximate surface area is 211 Å². The van der Waals surface area contributed by atoms with E-state index in [1.54, 1.807) is 7.05 Å². The number of rotatable bonds is 10. The van der Waals surface area contributed by atoms with Crippen LogP contribution in [0.2, 0.25) is 5.02 Å². The number of nitrogens with zero attached hydrogens (tertiary/aromatic N) is 3. The predicted molar refractivity (Wildman–Crippen MR) is 135 cm³/mol. The van der Waals surface area contributed by atoms with Crippen LogP contribution in [-0.4, -0.2) is 59.7 Å². The van der Waals surface area contributed by atoms with E-state index in [1.807, 2.05) is 38.1 Å². The van der Waals surface area contributed by atoms with E-state index in [-0.39, 0.29) is 6.61 Å². The molecule has 0 spiro atoms. The number of hydrogen-bond acceptors (Lipinski definition) is 8. The molecular formula is C26H33ClN4O4. The van der Waals surface area contributed by atoms with Crippen molar-refractivity contribution in [2.24, 2.45) is 5.92 Å². The van der Waals surface area contributed by atoms with Crippen molar-refractivity contribution in [2.75, 3.05) is 33.4 Å². The summed E-state index contributed by atoms with van der Waals surface area (Å²) in [5.41, 5.74) is 3.79.